The number of carbonyl (C=O) groups excluding carboxylic acids is 1. The summed E-state index contributed by atoms with van der Waals surface area (Å²) in [6, 6.07) is 0. The third kappa shape index (κ3) is 5.33. The molecule has 1 radical (unpaired) electrons. The molecule has 0 rings (SSSR count). The van der Waals surface area contributed by atoms with Crippen LogP contribution in [0.4, 0.5) is 0 Å². The Morgan fingerprint density at radius 1 is 1.38 bits per heavy atom. The van der Waals surface area contributed by atoms with Crippen LogP contribution in [0.1, 0.15) is 34.6 Å². The van der Waals surface area contributed by atoms with Crippen molar-refractivity contribution in [2.75, 3.05) is 6.61 Å². The quantitative estimate of drug-likeness (QED) is 0.421. The zero-order chi connectivity index (χ0) is 12.8. The van der Waals surface area contributed by atoms with Crippen LogP contribution in [0.5, 0.6) is 0 Å². The Morgan fingerprint density at radius 2 is 1.94 bits per heavy atom. The fourth-order valence-corrected chi connectivity index (χ4v) is 0.662. The lowest BCUT2D eigenvalue weighted by molar-refractivity contribution is -0.137. The zero-order valence-corrected chi connectivity index (χ0v) is 10.6. The summed E-state index contributed by atoms with van der Waals surface area (Å²) in [7, 11) is 1.37. The van der Waals surface area contributed by atoms with Gasteiger partial charge in [-0.05, 0) is 34.6 Å². The van der Waals surface area contributed by atoms with Gasteiger partial charge in [0.05, 0.1) is 17.8 Å². The molecule has 91 valence electrons. The molecule has 0 unspecified atom stereocenters. The number of ether oxygens (including phenoxy) is 1. The second-order valence-corrected chi connectivity index (χ2v) is 4.43. The van der Waals surface area contributed by atoms with Gasteiger partial charge in [-0.25, -0.2) is 4.79 Å². The van der Waals surface area contributed by atoms with E-state index < -0.39 is 17.2 Å². The average molecular weight is 227 g/mol. The van der Waals surface area contributed by atoms with Crippen molar-refractivity contribution < 1.29 is 19.3 Å². The van der Waals surface area contributed by atoms with Crippen LogP contribution in [0.25, 0.3) is 0 Å². The zero-order valence-electron chi connectivity index (χ0n) is 10.6. The molecule has 16 heavy (non-hydrogen) atoms. The van der Waals surface area contributed by atoms with Gasteiger partial charge >= 0.3 is 13.5 Å². The molecule has 0 aliphatic rings. The minimum absolute atomic E-state index is 0.346. The summed E-state index contributed by atoms with van der Waals surface area (Å²) in [6.07, 6.45) is 1.27. The van der Waals surface area contributed by atoms with Gasteiger partial charge in [0.2, 0.25) is 0 Å². The number of rotatable bonds is 6. The molecule has 0 fully saturated rings. The van der Waals surface area contributed by atoms with Gasteiger partial charge in [0, 0.05) is 6.08 Å². The Bertz CT molecular complexity index is 253. The Morgan fingerprint density at radius 3 is 2.38 bits per heavy atom. The number of carbonyl (C=O) groups is 1. The van der Waals surface area contributed by atoms with Crippen molar-refractivity contribution in [3.05, 3.63) is 12.1 Å². The molecule has 0 atom stereocenters. The fraction of sp³-hybridized carbons (Fsp3) is 0.727. The Balaban J connectivity index is 4.03. The third-order valence-electron chi connectivity index (χ3n) is 2.43. The van der Waals surface area contributed by atoms with E-state index in [1.807, 2.05) is 0 Å². The standard InChI is InChI=1S/C11H20BO4/c1-6-15-9(13)7-8-12-16-11(4,5)10(2,3)14/h7-8,14H,6H2,1-5H3/b8-7+. The highest BCUT2D eigenvalue weighted by atomic mass is 16.5. The van der Waals surface area contributed by atoms with E-state index >= 15 is 0 Å². The van der Waals surface area contributed by atoms with Crippen molar-refractivity contribution in [2.24, 2.45) is 0 Å². The predicted octanol–water partition coefficient (Wildman–Crippen LogP) is 1.25. The van der Waals surface area contributed by atoms with E-state index in [0.717, 1.165) is 0 Å². The van der Waals surface area contributed by atoms with E-state index in [9.17, 15) is 9.90 Å². The third-order valence-corrected chi connectivity index (χ3v) is 2.43. The van der Waals surface area contributed by atoms with Gasteiger partial charge in [-0.2, -0.15) is 0 Å². The van der Waals surface area contributed by atoms with Gasteiger partial charge in [0.25, 0.3) is 0 Å². The molecule has 0 aromatic carbocycles. The lowest BCUT2D eigenvalue weighted by Crippen LogP contribution is -2.47. The summed E-state index contributed by atoms with van der Waals surface area (Å²) < 4.78 is 10.0. The second-order valence-electron chi connectivity index (χ2n) is 4.43. The molecule has 0 aromatic heterocycles. The van der Waals surface area contributed by atoms with Crippen molar-refractivity contribution in [2.45, 2.75) is 45.8 Å². The monoisotopic (exact) mass is 227 g/mol. The van der Waals surface area contributed by atoms with Crippen LogP contribution in [0.15, 0.2) is 12.1 Å². The number of hydrogen-bond donors (Lipinski definition) is 1. The first-order valence-electron chi connectivity index (χ1n) is 5.27. The predicted molar refractivity (Wildman–Crippen MR) is 63.0 cm³/mol. The molecule has 0 bridgehead atoms. The Labute approximate surface area is 97.9 Å². The highest BCUT2D eigenvalue weighted by Crippen LogP contribution is 2.24. The van der Waals surface area contributed by atoms with E-state index in [1.54, 1.807) is 34.6 Å². The summed E-state index contributed by atoms with van der Waals surface area (Å²) in [5, 5.41) is 9.78. The van der Waals surface area contributed by atoms with Crippen molar-refractivity contribution in [1.29, 1.82) is 0 Å². The molecule has 0 saturated heterocycles. The van der Waals surface area contributed by atoms with Crippen LogP contribution in [0.3, 0.4) is 0 Å². The maximum absolute atomic E-state index is 10.9. The van der Waals surface area contributed by atoms with Crippen molar-refractivity contribution >= 4 is 13.5 Å². The molecule has 0 heterocycles. The van der Waals surface area contributed by atoms with Crippen molar-refractivity contribution in [3.63, 3.8) is 0 Å². The number of esters is 1. The first-order valence-corrected chi connectivity index (χ1v) is 5.27. The topological polar surface area (TPSA) is 55.8 Å². The van der Waals surface area contributed by atoms with Crippen molar-refractivity contribution in [3.8, 4) is 0 Å². The highest BCUT2D eigenvalue weighted by Gasteiger charge is 2.35. The molecule has 0 aliphatic heterocycles. The second kappa shape index (κ2) is 6.06. The summed E-state index contributed by atoms with van der Waals surface area (Å²) in [6.45, 7) is 8.94. The smallest absolute Gasteiger partial charge is 0.329 e. The minimum atomic E-state index is -0.971. The van der Waals surface area contributed by atoms with Crippen LogP contribution in [-0.4, -0.2) is 36.4 Å². The van der Waals surface area contributed by atoms with Gasteiger partial charge < -0.3 is 14.5 Å². The van der Waals surface area contributed by atoms with E-state index in [1.165, 1.54) is 19.5 Å². The van der Waals surface area contributed by atoms with Crippen molar-refractivity contribution in [1.82, 2.24) is 0 Å². The van der Waals surface area contributed by atoms with Crippen LogP contribution >= 0.6 is 0 Å². The van der Waals surface area contributed by atoms with E-state index in [-0.39, 0.29) is 0 Å². The van der Waals surface area contributed by atoms with Crippen LogP contribution in [-0.2, 0) is 14.2 Å². The summed E-state index contributed by atoms with van der Waals surface area (Å²) in [5.41, 5.74) is -1.70. The first kappa shape index (κ1) is 15.2. The van der Waals surface area contributed by atoms with E-state index in [2.05, 4.69) is 0 Å². The molecule has 0 aliphatic carbocycles. The van der Waals surface area contributed by atoms with E-state index in [0.29, 0.717) is 6.61 Å². The largest absolute Gasteiger partial charge is 0.463 e. The lowest BCUT2D eigenvalue weighted by atomic mass is 9.86. The summed E-state index contributed by atoms with van der Waals surface area (Å²) >= 11 is 0. The molecule has 1 N–H and O–H groups in total. The number of aliphatic hydroxyl groups is 1. The molecule has 0 aromatic rings. The normalized spacial score (nSPS) is 12.9. The molecule has 5 heteroatoms. The molecule has 0 saturated carbocycles. The molecule has 0 amide bonds. The van der Waals surface area contributed by atoms with Gasteiger partial charge in [-0.15, -0.1) is 0 Å². The average Bonchev–Trinajstić information content (AvgIpc) is 2.11. The maximum atomic E-state index is 10.9. The highest BCUT2D eigenvalue weighted by molar-refractivity contribution is 6.35. The Hall–Kier alpha value is -0.805. The van der Waals surface area contributed by atoms with Crippen LogP contribution in [0, 0.1) is 0 Å². The lowest BCUT2D eigenvalue weighted by Gasteiger charge is -2.37. The summed E-state index contributed by atoms with van der Waals surface area (Å²) in [5.74, 6) is 1.04. The molecular formula is C11H20BO4. The van der Waals surface area contributed by atoms with Gasteiger partial charge in [-0.3, -0.25) is 0 Å². The molecular weight excluding hydrogens is 207 g/mol. The SMILES string of the molecule is CCOC(=O)/C=C/[B]OC(C)(C)C(C)(C)O. The first-order chi connectivity index (χ1) is 7.20. The van der Waals surface area contributed by atoms with E-state index in [4.69, 9.17) is 9.39 Å². The van der Waals surface area contributed by atoms with Crippen LogP contribution in [0.2, 0.25) is 0 Å². The maximum Gasteiger partial charge on any atom is 0.329 e. The fourth-order valence-electron chi connectivity index (χ4n) is 0.662. The Kier molecular flexibility index (Phi) is 5.75. The summed E-state index contributed by atoms with van der Waals surface area (Å²) in [4.78, 5) is 10.9. The molecule has 0 spiro atoms. The van der Waals surface area contributed by atoms with Gasteiger partial charge in [0.1, 0.15) is 0 Å². The van der Waals surface area contributed by atoms with Crippen LogP contribution < -0.4 is 0 Å². The number of hydrogen-bond acceptors (Lipinski definition) is 4. The van der Waals surface area contributed by atoms with Gasteiger partial charge in [0.15, 0.2) is 0 Å². The van der Waals surface area contributed by atoms with Gasteiger partial charge in [-0.1, -0.05) is 5.98 Å². The molecule has 4 nitrogen and oxygen atoms in total. The minimum Gasteiger partial charge on any atom is -0.463 e.